The highest BCUT2D eigenvalue weighted by molar-refractivity contribution is 6.06. The molecule has 1 aliphatic heterocycles. The van der Waals surface area contributed by atoms with Crippen LogP contribution < -0.4 is 20.3 Å². The lowest BCUT2D eigenvalue weighted by molar-refractivity contribution is 0.0828. The number of anilines is 2. The average molecular weight is 447 g/mol. The van der Waals surface area contributed by atoms with E-state index in [9.17, 15) is 4.79 Å². The molecule has 0 bridgehead atoms. The summed E-state index contributed by atoms with van der Waals surface area (Å²) in [4.78, 5) is 17.2. The zero-order valence-electron chi connectivity index (χ0n) is 19.2. The summed E-state index contributed by atoms with van der Waals surface area (Å²) in [6.45, 7) is 8.65. The van der Waals surface area contributed by atoms with Gasteiger partial charge in [0.05, 0.1) is 24.0 Å². The van der Waals surface area contributed by atoms with E-state index in [0.29, 0.717) is 0 Å². The predicted molar refractivity (Wildman–Crippen MR) is 132 cm³/mol. The molecule has 6 nitrogen and oxygen atoms in total. The van der Waals surface area contributed by atoms with Gasteiger partial charge in [0.15, 0.2) is 0 Å². The molecule has 31 heavy (non-hydrogen) atoms. The second kappa shape index (κ2) is 11.3. The standard InChI is InChI=1S/C24H34N4O2.ClH/c1-6-11-26-22-19(24(29)27(3)4)16-17(2)21(18-9-7-8-10-20(18)30-5)23(22)28-14-12-25-13-15-28;/h7-10,16,25-26H,6,11-15H2,1-5H3;1H. The molecular formula is C24H35ClN4O2. The Hall–Kier alpha value is -2.44. The van der Waals surface area contributed by atoms with Crippen LogP contribution in [-0.4, -0.2) is 64.7 Å². The smallest absolute Gasteiger partial charge is 0.255 e. The molecule has 0 saturated carbocycles. The van der Waals surface area contributed by atoms with Crippen LogP contribution >= 0.6 is 12.4 Å². The average Bonchev–Trinajstić information content (AvgIpc) is 2.77. The number of hydrogen-bond acceptors (Lipinski definition) is 5. The Morgan fingerprint density at radius 1 is 1.23 bits per heavy atom. The van der Waals surface area contributed by atoms with Gasteiger partial charge in [-0.1, -0.05) is 25.1 Å². The van der Waals surface area contributed by atoms with Crippen molar-refractivity contribution in [2.45, 2.75) is 20.3 Å². The fourth-order valence-corrected chi connectivity index (χ4v) is 4.03. The Balaban J connectivity index is 0.00000341. The second-order valence-corrected chi connectivity index (χ2v) is 7.90. The third kappa shape index (κ3) is 5.25. The minimum Gasteiger partial charge on any atom is -0.496 e. The lowest BCUT2D eigenvalue weighted by atomic mass is 9.92. The maximum Gasteiger partial charge on any atom is 0.255 e. The van der Waals surface area contributed by atoms with Crippen LogP contribution in [0.1, 0.15) is 29.3 Å². The van der Waals surface area contributed by atoms with Gasteiger partial charge in [0.25, 0.3) is 5.91 Å². The van der Waals surface area contributed by atoms with Crippen molar-refractivity contribution in [1.82, 2.24) is 10.2 Å². The molecular weight excluding hydrogens is 412 g/mol. The van der Waals surface area contributed by atoms with E-state index in [2.05, 4.69) is 35.4 Å². The number of nitrogens with zero attached hydrogens (tertiary/aromatic N) is 2. The second-order valence-electron chi connectivity index (χ2n) is 7.90. The topological polar surface area (TPSA) is 56.8 Å². The van der Waals surface area contributed by atoms with Crippen LogP contribution in [0.5, 0.6) is 5.75 Å². The number of carbonyl (C=O) groups excluding carboxylic acids is 1. The number of methoxy groups -OCH3 is 1. The molecule has 2 N–H and O–H groups in total. The van der Waals surface area contributed by atoms with E-state index in [0.717, 1.165) is 78.5 Å². The summed E-state index contributed by atoms with van der Waals surface area (Å²) in [5.74, 6) is 0.852. The SMILES string of the molecule is CCCNc1c(C(=O)N(C)C)cc(C)c(-c2ccccc2OC)c1N1CCNCC1.Cl. The van der Waals surface area contributed by atoms with E-state index >= 15 is 0 Å². The first-order chi connectivity index (χ1) is 14.5. The number of rotatable bonds is 7. The Bertz CT molecular complexity index is 895. The van der Waals surface area contributed by atoms with Crippen molar-refractivity contribution < 1.29 is 9.53 Å². The number of aryl methyl sites for hydroxylation is 1. The Kier molecular flexibility index (Phi) is 9.01. The minimum absolute atomic E-state index is 0. The molecule has 0 spiro atoms. The molecule has 0 radical (unpaired) electrons. The van der Waals surface area contributed by atoms with Gasteiger partial charge in [-0.15, -0.1) is 12.4 Å². The fourth-order valence-electron chi connectivity index (χ4n) is 4.03. The van der Waals surface area contributed by atoms with Crippen molar-refractivity contribution in [2.75, 3.05) is 64.1 Å². The van der Waals surface area contributed by atoms with Gasteiger partial charge in [0, 0.05) is 57.9 Å². The quantitative estimate of drug-likeness (QED) is 0.672. The van der Waals surface area contributed by atoms with Crippen LogP contribution in [0.2, 0.25) is 0 Å². The Morgan fingerprint density at radius 3 is 2.52 bits per heavy atom. The van der Waals surface area contributed by atoms with Crippen molar-refractivity contribution in [1.29, 1.82) is 0 Å². The minimum atomic E-state index is 0. The number of halogens is 1. The Morgan fingerprint density at radius 2 is 1.90 bits per heavy atom. The largest absolute Gasteiger partial charge is 0.496 e. The molecule has 1 saturated heterocycles. The van der Waals surface area contributed by atoms with Crippen LogP contribution in [0.25, 0.3) is 11.1 Å². The van der Waals surface area contributed by atoms with Crippen molar-refractivity contribution >= 4 is 29.7 Å². The maximum atomic E-state index is 13.1. The van der Waals surface area contributed by atoms with Gasteiger partial charge < -0.3 is 25.2 Å². The predicted octanol–water partition coefficient (Wildman–Crippen LogP) is 4.03. The number of ether oxygens (including phenoxy) is 1. The molecule has 2 aromatic rings. The molecule has 0 aliphatic carbocycles. The zero-order valence-corrected chi connectivity index (χ0v) is 20.1. The third-order valence-electron chi connectivity index (χ3n) is 5.50. The van der Waals surface area contributed by atoms with Crippen LogP contribution in [0.4, 0.5) is 11.4 Å². The van der Waals surface area contributed by atoms with Crippen molar-refractivity contribution in [3.8, 4) is 16.9 Å². The summed E-state index contributed by atoms with van der Waals surface area (Å²) in [7, 11) is 5.32. The van der Waals surface area contributed by atoms with Gasteiger partial charge in [0.2, 0.25) is 0 Å². The number of hydrogen-bond donors (Lipinski definition) is 2. The van der Waals surface area contributed by atoms with Crippen LogP contribution in [0.15, 0.2) is 30.3 Å². The van der Waals surface area contributed by atoms with Gasteiger partial charge in [-0.25, -0.2) is 0 Å². The number of amides is 1. The molecule has 170 valence electrons. The van der Waals surface area contributed by atoms with E-state index in [4.69, 9.17) is 4.74 Å². The number of piperazine rings is 1. The highest BCUT2D eigenvalue weighted by Crippen LogP contribution is 2.45. The normalized spacial score (nSPS) is 13.4. The zero-order chi connectivity index (χ0) is 21.7. The van der Waals surface area contributed by atoms with Crippen LogP contribution in [0.3, 0.4) is 0 Å². The third-order valence-corrected chi connectivity index (χ3v) is 5.50. The van der Waals surface area contributed by atoms with Gasteiger partial charge in [-0.2, -0.15) is 0 Å². The molecule has 2 aromatic carbocycles. The van der Waals surface area contributed by atoms with E-state index in [-0.39, 0.29) is 18.3 Å². The lowest BCUT2D eigenvalue weighted by Gasteiger charge is -2.35. The number of benzene rings is 2. The summed E-state index contributed by atoms with van der Waals surface area (Å²) < 4.78 is 5.71. The number of nitrogens with one attached hydrogen (secondary N) is 2. The molecule has 0 atom stereocenters. The summed E-state index contributed by atoms with van der Waals surface area (Å²) in [6.07, 6.45) is 0.981. The fraction of sp³-hybridized carbons (Fsp3) is 0.458. The molecule has 3 rings (SSSR count). The highest BCUT2D eigenvalue weighted by atomic mass is 35.5. The highest BCUT2D eigenvalue weighted by Gasteiger charge is 2.27. The molecule has 1 heterocycles. The van der Waals surface area contributed by atoms with E-state index < -0.39 is 0 Å². The van der Waals surface area contributed by atoms with Gasteiger partial charge >= 0.3 is 0 Å². The van der Waals surface area contributed by atoms with E-state index in [1.54, 1.807) is 26.1 Å². The first-order valence-electron chi connectivity index (χ1n) is 10.7. The summed E-state index contributed by atoms with van der Waals surface area (Å²) in [5, 5.41) is 7.03. The maximum absolute atomic E-state index is 13.1. The number of para-hydroxylation sites is 1. The molecule has 1 aliphatic rings. The first-order valence-corrected chi connectivity index (χ1v) is 10.7. The van der Waals surface area contributed by atoms with Gasteiger partial charge in [-0.3, -0.25) is 4.79 Å². The van der Waals surface area contributed by atoms with Crippen molar-refractivity contribution in [2.24, 2.45) is 0 Å². The first kappa shape index (κ1) is 24.8. The van der Waals surface area contributed by atoms with Crippen LogP contribution in [-0.2, 0) is 0 Å². The summed E-state index contributed by atoms with van der Waals surface area (Å²) in [5.41, 5.74) is 5.99. The monoisotopic (exact) mass is 446 g/mol. The van der Waals surface area contributed by atoms with E-state index in [1.807, 2.05) is 24.3 Å². The van der Waals surface area contributed by atoms with Crippen LogP contribution in [0, 0.1) is 6.92 Å². The van der Waals surface area contributed by atoms with Gasteiger partial charge in [-0.05, 0) is 31.0 Å². The molecule has 0 aromatic heterocycles. The summed E-state index contributed by atoms with van der Waals surface area (Å²) >= 11 is 0. The van der Waals surface area contributed by atoms with Gasteiger partial charge in [0.1, 0.15) is 5.75 Å². The Labute approximate surface area is 192 Å². The molecule has 7 heteroatoms. The molecule has 0 unspecified atom stereocenters. The van der Waals surface area contributed by atoms with Crippen molar-refractivity contribution in [3.63, 3.8) is 0 Å². The van der Waals surface area contributed by atoms with E-state index in [1.165, 1.54) is 0 Å². The summed E-state index contributed by atoms with van der Waals surface area (Å²) in [6, 6.07) is 10.1. The molecule has 1 fully saturated rings. The van der Waals surface area contributed by atoms with Crippen molar-refractivity contribution in [3.05, 3.63) is 41.5 Å². The number of carbonyl (C=O) groups is 1. The molecule has 1 amide bonds. The lowest BCUT2D eigenvalue weighted by Crippen LogP contribution is -2.44.